The van der Waals surface area contributed by atoms with Gasteiger partial charge in [-0.3, -0.25) is 0 Å². The number of benzene rings is 1. The highest BCUT2D eigenvalue weighted by Crippen LogP contribution is 2.21. The molecule has 0 saturated carbocycles. The molecule has 3 heteroatoms. The van der Waals surface area contributed by atoms with E-state index in [1.807, 2.05) is 32.0 Å². The summed E-state index contributed by atoms with van der Waals surface area (Å²) in [6.07, 6.45) is 0. The summed E-state index contributed by atoms with van der Waals surface area (Å²) < 4.78 is 10.9. The molecular formula is C12H19NO2. The summed E-state index contributed by atoms with van der Waals surface area (Å²) in [5, 5.41) is 0. The van der Waals surface area contributed by atoms with E-state index in [0.29, 0.717) is 26.4 Å². The van der Waals surface area contributed by atoms with Crippen LogP contribution in [-0.4, -0.2) is 26.4 Å². The van der Waals surface area contributed by atoms with Crippen molar-refractivity contribution < 1.29 is 9.47 Å². The van der Waals surface area contributed by atoms with E-state index >= 15 is 0 Å². The Morgan fingerprint density at radius 3 is 2.33 bits per heavy atom. The zero-order valence-corrected chi connectivity index (χ0v) is 9.45. The van der Waals surface area contributed by atoms with E-state index in [1.54, 1.807) is 0 Å². The normalized spacial score (nSPS) is 10.3. The smallest absolute Gasteiger partial charge is 0.125 e. The Bertz CT molecular complexity index is 279. The van der Waals surface area contributed by atoms with E-state index in [9.17, 15) is 0 Å². The van der Waals surface area contributed by atoms with Crippen LogP contribution in [0.3, 0.4) is 0 Å². The van der Waals surface area contributed by atoms with Gasteiger partial charge < -0.3 is 15.2 Å². The Morgan fingerprint density at radius 1 is 1.07 bits per heavy atom. The van der Waals surface area contributed by atoms with Crippen molar-refractivity contribution in [1.29, 1.82) is 0 Å². The molecule has 1 aromatic carbocycles. The first-order valence-corrected chi connectivity index (χ1v) is 5.22. The molecule has 2 N–H and O–H groups in total. The third-order valence-electron chi connectivity index (χ3n) is 2.15. The molecule has 0 aliphatic carbocycles. The summed E-state index contributed by atoms with van der Waals surface area (Å²) in [5.41, 5.74) is 7.63. The number of hydrogen-bond donors (Lipinski definition) is 1. The predicted molar refractivity (Wildman–Crippen MR) is 61.3 cm³/mol. The first-order chi connectivity index (χ1) is 7.25. The second kappa shape index (κ2) is 6.43. The van der Waals surface area contributed by atoms with E-state index in [0.717, 1.165) is 16.9 Å². The van der Waals surface area contributed by atoms with Gasteiger partial charge in [-0.25, -0.2) is 0 Å². The third-order valence-corrected chi connectivity index (χ3v) is 2.15. The minimum Gasteiger partial charge on any atom is -0.491 e. The van der Waals surface area contributed by atoms with Gasteiger partial charge in [0, 0.05) is 6.54 Å². The molecule has 0 aromatic heterocycles. The van der Waals surface area contributed by atoms with Gasteiger partial charge in [-0.2, -0.15) is 0 Å². The van der Waals surface area contributed by atoms with Crippen LogP contribution < -0.4 is 10.5 Å². The van der Waals surface area contributed by atoms with Crippen LogP contribution in [-0.2, 0) is 4.74 Å². The molecular weight excluding hydrogens is 190 g/mol. The molecule has 0 radical (unpaired) electrons. The van der Waals surface area contributed by atoms with Crippen LogP contribution in [0.15, 0.2) is 18.2 Å². The number of ether oxygens (including phenoxy) is 2. The summed E-state index contributed by atoms with van der Waals surface area (Å²) in [7, 11) is 0. The van der Waals surface area contributed by atoms with Crippen molar-refractivity contribution >= 4 is 0 Å². The summed E-state index contributed by atoms with van der Waals surface area (Å²) in [6, 6.07) is 6.12. The molecule has 0 aliphatic heterocycles. The Morgan fingerprint density at radius 2 is 1.73 bits per heavy atom. The van der Waals surface area contributed by atoms with Gasteiger partial charge in [-0.1, -0.05) is 18.2 Å². The zero-order chi connectivity index (χ0) is 11.1. The van der Waals surface area contributed by atoms with Crippen LogP contribution in [0.25, 0.3) is 0 Å². The molecule has 15 heavy (non-hydrogen) atoms. The quantitative estimate of drug-likeness (QED) is 0.725. The average molecular weight is 209 g/mol. The fraction of sp³-hybridized carbons (Fsp3) is 0.500. The Hall–Kier alpha value is -1.06. The van der Waals surface area contributed by atoms with Gasteiger partial charge in [-0.15, -0.1) is 0 Å². The molecule has 0 atom stereocenters. The highest BCUT2D eigenvalue weighted by Gasteiger charge is 2.02. The maximum atomic E-state index is 5.65. The van der Waals surface area contributed by atoms with Gasteiger partial charge in [0.1, 0.15) is 12.4 Å². The topological polar surface area (TPSA) is 44.5 Å². The summed E-state index contributed by atoms with van der Waals surface area (Å²) in [4.78, 5) is 0. The number of nitrogens with two attached hydrogens (primary N) is 1. The Kier molecular flexibility index (Phi) is 5.15. The van der Waals surface area contributed by atoms with Crippen molar-refractivity contribution in [2.45, 2.75) is 13.8 Å². The minimum absolute atomic E-state index is 0.559. The molecule has 0 heterocycles. The maximum absolute atomic E-state index is 5.65. The lowest BCUT2D eigenvalue weighted by Crippen LogP contribution is -2.13. The summed E-state index contributed by atoms with van der Waals surface area (Å²) >= 11 is 0. The second-order valence-corrected chi connectivity index (χ2v) is 3.47. The summed E-state index contributed by atoms with van der Waals surface area (Å²) in [6.45, 7) is 6.41. The number of rotatable bonds is 6. The number of hydrogen-bond acceptors (Lipinski definition) is 3. The van der Waals surface area contributed by atoms with E-state index < -0.39 is 0 Å². The lowest BCUT2D eigenvalue weighted by atomic mass is 10.1. The van der Waals surface area contributed by atoms with Crippen LogP contribution in [0.5, 0.6) is 5.75 Å². The van der Waals surface area contributed by atoms with Gasteiger partial charge in [-0.05, 0) is 25.0 Å². The first-order valence-electron chi connectivity index (χ1n) is 5.22. The van der Waals surface area contributed by atoms with Crippen molar-refractivity contribution in [3.63, 3.8) is 0 Å². The van der Waals surface area contributed by atoms with E-state index in [-0.39, 0.29) is 0 Å². The SMILES string of the molecule is Cc1cccc(C)c1OCCOCCN. The lowest BCUT2D eigenvalue weighted by Gasteiger charge is -2.11. The standard InChI is InChI=1S/C12H19NO2/c1-10-4-3-5-11(2)12(10)15-9-8-14-7-6-13/h3-5H,6-9,13H2,1-2H3. The van der Waals surface area contributed by atoms with Crippen molar-refractivity contribution in [2.24, 2.45) is 5.73 Å². The second-order valence-electron chi connectivity index (χ2n) is 3.47. The van der Waals surface area contributed by atoms with Crippen molar-refractivity contribution in [2.75, 3.05) is 26.4 Å². The van der Waals surface area contributed by atoms with Crippen LogP contribution in [0.1, 0.15) is 11.1 Å². The maximum Gasteiger partial charge on any atom is 0.125 e. The molecule has 0 aliphatic rings. The molecule has 1 aromatic rings. The van der Waals surface area contributed by atoms with E-state index in [1.165, 1.54) is 0 Å². The predicted octanol–water partition coefficient (Wildman–Crippen LogP) is 1.66. The van der Waals surface area contributed by atoms with Gasteiger partial charge in [0.15, 0.2) is 0 Å². The number of para-hydroxylation sites is 1. The first kappa shape index (κ1) is 12.0. The fourth-order valence-electron chi connectivity index (χ4n) is 1.41. The largest absolute Gasteiger partial charge is 0.491 e. The van der Waals surface area contributed by atoms with Crippen LogP contribution >= 0.6 is 0 Å². The lowest BCUT2D eigenvalue weighted by molar-refractivity contribution is 0.105. The van der Waals surface area contributed by atoms with Crippen LogP contribution in [0, 0.1) is 13.8 Å². The molecule has 0 amide bonds. The Balaban J connectivity index is 2.37. The molecule has 84 valence electrons. The van der Waals surface area contributed by atoms with Crippen LogP contribution in [0.2, 0.25) is 0 Å². The molecule has 3 nitrogen and oxygen atoms in total. The van der Waals surface area contributed by atoms with Crippen molar-refractivity contribution in [1.82, 2.24) is 0 Å². The van der Waals surface area contributed by atoms with Crippen LogP contribution in [0.4, 0.5) is 0 Å². The van der Waals surface area contributed by atoms with Gasteiger partial charge in [0.2, 0.25) is 0 Å². The van der Waals surface area contributed by atoms with E-state index in [2.05, 4.69) is 0 Å². The highest BCUT2D eigenvalue weighted by atomic mass is 16.5. The zero-order valence-electron chi connectivity index (χ0n) is 9.45. The average Bonchev–Trinajstić information content (AvgIpc) is 2.21. The molecule has 0 unspecified atom stereocenters. The van der Waals surface area contributed by atoms with Gasteiger partial charge in [0.25, 0.3) is 0 Å². The van der Waals surface area contributed by atoms with Crippen molar-refractivity contribution in [3.8, 4) is 5.75 Å². The monoisotopic (exact) mass is 209 g/mol. The highest BCUT2D eigenvalue weighted by molar-refractivity contribution is 5.39. The Labute approximate surface area is 91.2 Å². The van der Waals surface area contributed by atoms with E-state index in [4.69, 9.17) is 15.2 Å². The molecule has 0 spiro atoms. The minimum atomic E-state index is 0.559. The molecule has 0 saturated heterocycles. The molecule has 0 fully saturated rings. The molecule has 1 rings (SSSR count). The molecule has 0 bridgehead atoms. The van der Waals surface area contributed by atoms with Gasteiger partial charge >= 0.3 is 0 Å². The third kappa shape index (κ3) is 3.90. The number of aryl methyl sites for hydroxylation is 2. The summed E-state index contributed by atoms with van der Waals surface area (Å²) in [5.74, 6) is 0.967. The van der Waals surface area contributed by atoms with Gasteiger partial charge in [0.05, 0.1) is 13.2 Å². The van der Waals surface area contributed by atoms with Crippen molar-refractivity contribution in [3.05, 3.63) is 29.3 Å². The fourth-order valence-corrected chi connectivity index (χ4v) is 1.41.